The fraction of sp³-hybridized carbons (Fsp3) is 1.00. The van der Waals surface area contributed by atoms with Crippen LogP contribution in [0.4, 0.5) is 0 Å². The van der Waals surface area contributed by atoms with E-state index in [2.05, 4.69) is 6.92 Å². The van der Waals surface area contributed by atoms with Crippen molar-refractivity contribution in [3.63, 3.8) is 0 Å². The first kappa shape index (κ1) is 21.0. The molecule has 0 aromatic heterocycles. The van der Waals surface area contributed by atoms with Gasteiger partial charge in [-0.25, -0.2) is 0 Å². The quantitative estimate of drug-likeness (QED) is 0.320. The van der Waals surface area contributed by atoms with Crippen molar-refractivity contribution in [1.82, 2.24) is 0 Å². The second-order valence-corrected chi connectivity index (χ2v) is 6.35. The molecule has 0 aliphatic rings. The first-order valence-corrected chi connectivity index (χ1v) is 8.40. The molecule has 0 unspecified atom stereocenters. The van der Waals surface area contributed by atoms with Crippen LogP contribution in [0.5, 0.6) is 0 Å². The van der Waals surface area contributed by atoms with Crippen LogP contribution in [0.3, 0.4) is 0 Å². The standard InChI is InChI=1S/C12H27O3P.Ba.2H/c1-2-3-4-5-6-7-8-9-10-11-12-16(13,14)15;;;/h2-12H2,1H3,(H2,13,14,15);;;/q;+2;2*-1. The molecule has 0 bridgehead atoms. The zero-order valence-electron chi connectivity index (χ0n) is 13.2. The third-order valence-electron chi connectivity index (χ3n) is 2.80. The molecule has 0 aromatic rings. The molecule has 5 heteroatoms. The fourth-order valence-corrected chi connectivity index (χ4v) is 2.44. The van der Waals surface area contributed by atoms with E-state index in [1.54, 1.807) is 0 Å². The smallest absolute Gasteiger partial charge is 1.00 e. The summed E-state index contributed by atoms with van der Waals surface area (Å²) in [6, 6.07) is 0. The molecule has 0 saturated carbocycles. The van der Waals surface area contributed by atoms with Crippen LogP contribution in [-0.2, 0) is 4.57 Å². The topological polar surface area (TPSA) is 57.5 Å². The molecule has 0 aliphatic carbocycles. The largest absolute Gasteiger partial charge is 2.00 e. The summed E-state index contributed by atoms with van der Waals surface area (Å²) in [5.74, 6) is 0. The van der Waals surface area contributed by atoms with E-state index in [0.717, 1.165) is 12.8 Å². The van der Waals surface area contributed by atoms with Gasteiger partial charge in [0.15, 0.2) is 0 Å². The SMILES string of the molecule is CCCCCCCCCCCCP(=O)(O)O.[Ba+2].[H-].[H-]. The van der Waals surface area contributed by atoms with Gasteiger partial charge in [0.05, 0.1) is 0 Å². The van der Waals surface area contributed by atoms with Crippen LogP contribution >= 0.6 is 7.60 Å². The van der Waals surface area contributed by atoms with Crippen LogP contribution in [0.25, 0.3) is 0 Å². The van der Waals surface area contributed by atoms with E-state index < -0.39 is 7.60 Å². The predicted octanol–water partition coefficient (Wildman–Crippen LogP) is 3.93. The van der Waals surface area contributed by atoms with Crippen molar-refractivity contribution in [1.29, 1.82) is 0 Å². The number of hydrogen-bond acceptors (Lipinski definition) is 1. The van der Waals surface area contributed by atoms with Gasteiger partial charge in [-0.15, -0.1) is 0 Å². The molecule has 0 fully saturated rings. The Morgan fingerprint density at radius 1 is 0.824 bits per heavy atom. The van der Waals surface area contributed by atoms with Gasteiger partial charge in [0.2, 0.25) is 0 Å². The van der Waals surface area contributed by atoms with E-state index in [0.29, 0.717) is 6.42 Å². The van der Waals surface area contributed by atoms with Crippen molar-refractivity contribution >= 4 is 56.5 Å². The van der Waals surface area contributed by atoms with Gasteiger partial charge in [0, 0.05) is 6.16 Å². The molecule has 0 radical (unpaired) electrons. The molecule has 17 heavy (non-hydrogen) atoms. The Morgan fingerprint density at radius 2 is 1.18 bits per heavy atom. The number of hydrogen-bond donors (Lipinski definition) is 2. The van der Waals surface area contributed by atoms with Crippen LogP contribution in [0.1, 0.15) is 74.0 Å². The van der Waals surface area contributed by atoms with Gasteiger partial charge in [-0.2, -0.15) is 0 Å². The molecule has 0 aliphatic heterocycles. The van der Waals surface area contributed by atoms with E-state index in [9.17, 15) is 4.57 Å². The van der Waals surface area contributed by atoms with Crippen molar-refractivity contribution in [3.05, 3.63) is 0 Å². The minimum Gasteiger partial charge on any atom is -1.00 e. The molecule has 102 valence electrons. The molecule has 0 amide bonds. The molecule has 0 aromatic carbocycles. The van der Waals surface area contributed by atoms with Gasteiger partial charge >= 0.3 is 56.5 Å². The van der Waals surface area contributed by atoms with Gasteiger partial charge in [0.1, 0.15) is 0 Å². The van der Waals surface area contributed by atoms with E-state index in [4.69, 9.17) is 9.79 Å². The molecular formula is C12H29BaO3P. The molecule has 3 nitrogen and oxygen atoms in total. The van der Waals surface area contributed by atoms with Crippen LogP contribution in [0, 0.1) is 0 Å². The first-order valence-electron chi connectivity index (χ1n) is 6.61. The van der Waals surface area contributed by atoms with Gasteiger partial charge < -0.3 is 12.6 Å². The minimum absolute atomic E-state index is 0. The zero-order chi connectivity index (χ0) is 12.3. The molecule has 0 rings (SSSR count). The van der Waals surface area contributed by atoms with Crippen LogP contribution in [0.15, 0.2) is 0 Å². The summed E-state index contributed by atoms with van der Waals surface area (Å²) in [5, 5.41) is 0. The summed E-state index contributed by atoms with van der Waals surface area (Å²) in [4.78, 5) is 17.3. The average molecular weight is 390 g/mol. The van der Waals surface area contributed by atoms with E-state index in [-0.39, 0.29) is 57.9 Å². The summed E-state index contributed by atoms with van der Waals surface area (Å²) >= 11 is 0. The van der Waals surface area contributed by atoms with Crippen molar-refractivity contribution in [2.75, 3.05) is 6.16 Å². The Balaban J connectivity index is -0.000000375. The summed E-state index contributed by atoms with van der Waals surface area (Å²) in [5.41, 5.74) is 0. The van der Waals surface area contributed by atoms with Gasteiger partial charge in [-0.05, 0) is 6.42 Å². The number of unbranched alkanes of at least 4 members (excludes halogenated alkanes) is 9. The molecule has 0 saturated heterocycles. The fourth-order valence-electron chi connectivity index (χ4n) is 1.81. The monoisotopic (exact) mass is 390 g/mol. The maximum atomic E-state index is 10.6. The van der Waals surface area contributed by atoms with Crippen molar-refractivity contribution in [3.8, 4) is 0 Å². The second kappa shape index (κ2) is 14.1. The first-order chi connectivity index (χ1) is 7.56. The minimum atomic E-state index is -3.74. The molecule has 0 heterocycles. The Morgan fingerprint density at radius 3 is 1.53 bits per heavy atom. The number of rotatable bonds is 11. The van der Waals surface area contributed by atoms with Crippen molar-refractivity contribution in [2.24, 2.45) is 0 Å². The third-order valence-corrected chi connectivity index (χ3v) is 3.70. The van der Waals surface area contributed by atoms with E-state index >= 15 is 0 Å². The summed E-state index contributed by atoms with van der Waals surface area (Å²) in [6.07, 6.45) is 12.0. The van der Waals surface area contributed by atoms with E-state index in [1.807, 2.05) is 0 Å². The van der Waals surface area contributed by atoms with Crippen LogP contribution in [0.2, 0.25) is 0 Å². The van der Waals surface area contributed by atoms with Crippen molar-refractivity contribution in [2.45, 2.75) is 71.1 Å². The third kappa shape index (κ3) is 20.2. The van der Waals surface area contributed by atoms with Gasteiger partial charge in [-0.1, -0.05) is 64.7 Å². The summed E-state index contributed by atoms with van der Waals surface area (Å²) in [7, 11) is -3.74. The maximum absolute atomic E-state index is 10.6. The van der Waals surface area contributed by atoms with Gasteiger partial charge in [-0.3, -0.25) is 4.57 Å². The zero-order valence-corrected chi connectivity index (χ0v) is 16.6. The van der Waals surface area contributed by atoms with Crippen LogP contribution < -0.4 is 0 Å². The van der Waals surface area contributed by atoms with Crippen molar-refractivity contribution < 1.29 is 17.2 Å². The average Bonchev–Trinajstić information content (AvgIpc) is 2.19. The second-order valence-electron chi connectivity index (χ2n) is 4.57. The normalized spacial score (nSPS) is 11.2. The van der Waals surface area contributed by atoms with E-state index in [1.165, 1.54) is 44.9 Å². The Labute approximate surface area is 149 Å². The molecule has 2 N–H and O–H groups in total. The molecule has 0 spiro atoms. The Kier molecular flexibility index (Phi) is 17.5. The maximum Gasteiger partial charge on any atom is 2.00 e. The predicted molar refractivity (Wildman–Crippen MR) is 76.7 cm³/mol. The molecular weight excluding hydrogens is 360 g/mol. The van der Waals surface area contributed by atoms with Crippen LogP contribution in [-0.4, -0.2) is 64.8 Å². The molecule has 0 atom stereocenters. The Hall–Kier alpha value is 1.72. The Bertz CT molecular complexity index is 203. The summed E-state index contributed by atoms with van der Waals surface area (Å²) < 4.78 is 10.6. The summed E-state index contributed by atoms with van der Waals surface area (Å²) in [6.45, 7) is 2.22. The van der Waals surface area contributed by atoms with Gasteiger partial charge in [0.25, 0.3) is 0 Å².